The molecule has 34 heavy (non-hydrogen) atoms. The molecule has 1 aromatic carbocycles. The number of fused-ring (bicyclic) bond motifs is 3. The summed E-state index contributed by atoms with van der Waals surface area (Å²) < 4.78 is 7.94. The van der Waals surface area contributed by atoms with Crippen LogP contribution in [-0.4, -0.2) is 68.1 Å². The maximum Gasteiger partial charge on any atom is 0.219 e. The number of ether oxygens (including phenoxy) is 1. The van der Waals surface area contributed by atoms with Crippen LogP contribution in [0.5, 0.6) is 5.88 Å². The molecule has 1 atom stereocenters. The first-order valence-corrected chi connectivity index (χ1v) is 11.8. The normalized spacial score (nSPS) is 20.7. The number of aryl methyl sites for hydroxylation is 1. The van der Waals surface area contributed by atoms with E-state index in [1.807, 2.05) is 25.2 Å². The van der Waals surface area contributed by atoms with E-state index in [1.54, 1.807) is 11.6 Å². The molecule has 2 aromatic heterocycles. The molecule has 0 spiro atoms. The van der Waals surface area contributed by atoms with Crippen LogP contribution < -0.4 is 10.2 Å². The summed E-state index contributed by atoms with van der Waals surface area (Å²) in [6.45, 7) is 9.62. The van der Waals surface area contributed by atoms with Crippen LogP contribution in [0.4, 0.5) is 0 Å². The third kappa shape index (κ3) is 3.73. The van der Waals surface area contributed by atoms with Crippen LogP contribution in [0, 0.1) is 0 Å². The van der Waals surface area contributed by atoms with E-state index in [9.17, 15) is 4.79 Å². The van der Waals surface area contributed by atoms with Crippen molar-refractivity contribution >= 4 is 16.8 Å². The first kappa shape index (κ1) is 22.5. The highest BCUT2D eigenvalue weighted by Crippen LogP contribution is 2.39. The summed E-state index contributed by atoms with van der Waals surface area (Å²) in [5.74, 6) is 0.899. The molecular formula is C25H33N7O2. The van der Waals surface area contributed by atoms with Crippen LogP contribution in [-0.2, 0) is 11.8 Å². The largest absolute Gasteiger partial charge is 0.476 e. The first-order valence-electron chi connectivity index (χ1n) is 11.8. The predicted octanol–water partition coefficient (Wildman–Crippen LogP) is 3.18. The lowest BCUT2D eigenvalue weighted by molar-refractivity contribution is -0.129. The van der Waals surface area contributed by atoms with E-state index in [-0.39, 0.29) is 17.4 Å². The van der Waals surface area contributed by atoms with Crippen LogP contribution in [0.15, 0.2) is 35.7 Å². The Kier molecular flexibility index (Phi) is 5.39. The van der Waals surface area contributed by atoms with Crippen molar-refractivity contribution in [2.45, 2.75) is 45.6 Å². The van der Waals surface area contributed by atoms with Crippen molar-refractivity contribution in [3.8, 4) is 17.0 Å². The van der Waals surface area contributed by atoms with Crippen LogP contribution >= 0.6 is 0 Å². The van der Waals surface area contributed by atoms with Gasteiger partial charge in [-0.15, -0.1) is 0 Å². The van der Waals surface area contributed by atoms with Crippen LogP contribution in [0.25, 0.3) is 22.0 Å². The van der Waals surface area contributed by atoms with E-state index < -0.39 is 0 Å². The zero-order chi connectivity index (χ0) is 24.2. The summed E-state index contributed by atoms with van der Waals surface area (Å²) in [6.07, 6.45) is 2.67. The SMILES string of the molecule is CC(=O)N1CCOc2c(cnn2C)-c2ccc3[nH]nc(c3c2)C(C)CC2=C(C1)N(C)NC2(C)C. The van der Waals surface area contributed by atoms with Gasteiger partial charge in [-0.05, 0) is 43.5 Å². The number of carbonyl (C=O) groups is 1. The third-order valence-corrected chi connectivity index (χ3v) is 7.11. The van der Waals surface area contributed by atoms with Crippen molar-refractivity contribution in [2.75, 3.05) is 26.7 Å². The minimum Gasteiger partial charge on any atom is -0.476 e. The molecule has 3 aromatic rings. The molecule has 1 amide bonds. The van der Waals surface area contributed by atoms with Gasteiger partial charge in [0.05, 0.1) is 41.6 Å². The van der Waals surface area contributed by atoms with Gasteiger partial charge in [-0.25, -0.2) is 10.1 Å². The third-order valence-electron chi connectivity index (χ3n) is 7.11. The molecule has 4 heterocycles. The second kappa shape index (κ2) is 8.16. The van der Waals surface area contributed by atoms with Crippen molar-refractivity contribution in [1.29, 1.82) is 0 Å². The van der Waals surface area contributed by atoms with E-state index >= 15 is 0 Å². The molecule has 2 aliphatic heterocycles. The molecule has 0 fully saturated rings. The van der Waals surface area contributed by atoms with Gasteiger partial charge in [0.25, 0.3) is 0 Å². The van der Waals surface area contributed by atoms with E-state index in [1.165, 1.54) is 5.57 Å². The average molecular weight is 464 g/mol. The number of nitrogens with one attached hydrogen (secondary N) is 2. The standard InChI is InChI=1S/C25H33N7O2/c1-15-11-20-22(30(5)29-25(20,3)4)14-32(16(2)33)9-10-34-24-19(13-26-31(24)6)17-7-8-21-18(12-17)23(15)28-27-21/h7-8,12-13,15,29H,9-11,14H2,1-6H3,(H,27,28). The minimum atomic E-state index is -0.218. The number of rotatable bonds is 0. The van der Waals surface area contributed by atoms with E-state index in [0.29, 0.717) is 25.6 Å². The number of H-pyrrole nitrogens is 1. The highest BCUT2D eigenvalue weighted by molar-refractivity contribution is 5.87. The molecule has 5 rings (SSSR count). The lowest BCUT2D eigenvalue weighted by Crippen LogP contribution is -2.43. The highest BCUT2D eigenvalue weighted by atomic mass is 16.5. The van der Waals surface area contributed by atoms with Gasteiger partial charge >= 0.3 is 0 Å². The molecule has 9 heteroatoms. The van der Waals surface area contributed by atoms with Gasteiger partial charge in [-0.1, -0.05) is 13.0 Å². The maximum atomic E-state index is 12.6. The maximum absolute atomic E-state index is 12.6. The van der Waals surface area contributed by atoms with Crippen molar-refractivity contribution < 1.29 is 9.53 Å². The van der Waals surface area contributed by atoms with Crippen LogP contribution in [0.1, 0.15) is 45.7 Å². The van der Waals surface area contributed by atoms with Gasteiger partial charge in [0.1, 0.15) is 6.61 Å². The summed E-state index contributed by atoms with van der Waals surface area (Å²) in [5.41, 5.74) is 9.79. The molecule has 0 aliphatic carbocycles. The van der Waals surface area contributed by atoms with Crippen molar-refractivity contribution in [3.63, 3.8) is 0 Å². The summed E-state index contributed by atoms with van der Waals surface area (Å²) in [4.78, 5) is 14.4. The molecule has 2 aliphatic rings. The number of hydrogen-bond acceptors (Lipinski definition) is 6. The second-order valence-corrected chi connectivity index (χ2v) is 9.97. The van der Waals surface area contributed by atoms with Gasteiger partial charge in [-0.3, -0.25) is 9.89 Å². The Labute approximate surface area is 199 Å². The van der Waals surface area contributed by atoms with E-state index in [4.69, 9.17) is 9.84 Å². The quantitative estimate of drug-likeness (QED) is 0.532. The number of carbonyl (C=O) groups excluding carboxylic acids is 1. The predicted molar refractivity (Wildman–Crippen MR) is 131 cm³/mol. The summed E-state index contributed by atoms with van der Waals surface area (Å²) in [5, 5.41) is 15.5. The monoisotopic (exact) mass is 463 g/mol. The Morgan fingerprint density at radius 2 is 2.06 bits per heavy atom. The zero-order valence-corrected chi connectivity index (χ0v) is 20.8. The van der Waals surface area contributed by atoms with Crippen molar-refractivity contribution in [2.24, 2.45) is 7.05 Å². The molecule has 2 bridgehead atoms. The van der Waals surface area contributed by atoms with Gasteiger partial charge < -0.3 is 14.6 Å². The fourth-order valence-electron chi connectivity index (χ4n) is 5.25. The highest BCUT2D eigenvalue weighted by Gasteiger charge is 2.37. The summed E-state index contributed by atoms with van der Waals surface area (Å²) in [7, 11) is 3.90. The van der Waals surface area contributed by atoms with Gasteiger partial charge in [0, 0.05) is 38.0 Å². The lowest BCUT2D eigenvalue weighted by atomic mass is 9.85. The Hall–Kier alpha value is -3.33. The number of hydrogen-bond donors (Lipinski definition) is 2. The molecule has 1 unspecified atom stereocenters. The Morgan fingerprint density at radius 3 is 2.82 bits per heavy atom. The fraction of sp³-hybridized carbons (Fsp3) is 0.480. The van der Waals surface area contributed by atoms with E-state index in [2.05, 4.69) is 59.6 Å². The molecular weight excluding hydrogens is 430 g/mol. The van der Waals surface area contributed by atoms with E-state index in [0.717, 1.165) is 39.8 Å². The fourth-order valence-corrected chi connectivity index (χ4v) is 5.25. The zero-order valence-electron chi connectivity index (χ0n) is 20.8. The number of hydrazine groups is 1. The van der Waals surface area contributed by atoms with Crippen molar-refractivity contribution in [1.82, 2.24) is 35.3 Å². The smallest absolute Gasteiger partial charge is 0.219 e. The Morgan fingerprint density at radius 1 is 1.26 bits per heavy atom. The number of aromatic amines is 1. The van der Waals surface area contributed by atoms with Crippen molar-refractivity contribution in [3.05, 3.63) is 41.4 Å². The molecule has 0 saturated carbocycles. The first-order chi connectivity index (χ1) is 16.2. The van der Waals surface area contributed by atoms with Gasteiger partial charge in [0.2, 0.25) is 11.8 Å². The number of aromatic nitrogens is 4. The van der Waals surface area contributed by atoms with Crippen LogP contribution in [0.2, 0.25) is 0 Å². The molecule has 9 nitrogen and oxygen atoms in total. The Bertz CT molecular complexity index is 1290. The van der Waals surface area contributed by atoms with Gasteiger partial charge in [-0.2, -0.15) is 10.2 Å². The number of amides is 1. The number of nitrogens with zero attached hydrogens (tertiary/aromatic N) is 5. The second-order valence-electron chi connectivity index (χ2n) is 9.97. The lowest BCUT2D eigenvalue weighted by Gasteiger charge is -2.26. The van der Waals surface area contributed by atoms with Gasteiger partial charge in [0.15, 0.2) is 0 Å². The molecule has 0 radical (unpaired) electrons. The number of benzene rings is 1. The molecule has 180 valence electrons. The summed E-state index contributed by atoms with van der Waals surface area (Å²) in [6, 6.07) is 6.31. The summed E-state index contributed by atoms with van der Waals surface area (Å²) >= 11 is 0. The van der Waals surface area contributed by atoms with Crippen LogP contribution in [0.3, 0.4) is 0 Å². The molecule has 0 saturated heterocycles. The average Bonchev–Trinajstić information content (AvgIpc) is 3.41. The topological polar surface area (TPSA) is 91.3 Å². The Balaban J connectivity index is 1.66. The minimum absolute atomic E-state index is 0.0248. The molecule has 2 N–H and O–H groups in total. The number of likely N-dealkylation sites (N-methyl/N-ethyl adjacent to an activating group) is 1.